The Morgan fingerprint density at radius 2 is 1.32 bits per heavy atom. The summed E-state index contributed by atoms with van der Waals surface area (Å²) in [5.74, 6) is 0.263. The molecule has 136 valence electrons. The van der Waals surface area contributed by atoms with E-state index in [2.05, 4.69) is 5.32 Å². The first-order valence-electron chi connectivity index (χ1n) is 9.51. The van der Waals surface area contributed by atoms with Crippen molar-refractivity contribution in [2.75, 3.05) is 5.32 Å². The molecule has 4 heteroatoms. The highest BCUT2D eigenvalue weighted by Crippen LogP contribution is 2.33. The summed E-state index contributed by atoms with van der Waals surface area (Å²) in [7, 11) is 0. The average molecular weight is 365 g/mol. The minimum absolute atomic E-state index is 0.0940. The van der Waals surface area contributed by atoms with Gasteiger partial charge >= 0.3 is 0 Å². The average Bonchev–Trinajstić information content (AvgIpc) is 3.60. The van der Waals surface area contributed by atoms with Gasteiger partial charge in [-0.2, -0.15) is 0 Å². The van der Waals surface area contributed by atoms with Gasteiger partial charge in [0.1, 0.15) is 0 Å². The minimum atomic E-state index is 0.0940. The molecule has 5 rings (SSSR count). The van der Waals surface area contributed by atoms with Crippen LogP contribution in [0.25, 0.3) is 33.5 Å². The van der Waals surface area contributed by atoms with E-state index in [1.807, 2.05) is 78.9 Å². The molecule has 1 aliphatic rings. The lowest BCUT2D eigenvalue weighted by Crippen LogP contribution is -2.13. The SMILES string of the molecule is O=C(Nc1ccc2nc(-c3ccccc3)c(-c3ccccc3)nc2c1)C1CC1. The van der Waals surface area contributed by atoms with Crippen LogP contribution in [0, 0.1) is 5.92 Å². The summed E-state index contributed by atoms with van der Waals surface area (Å²) in [6, 6.07) is 25.9. The van der Waals surface area contributed by atoms with E-state index in [-0.39, 0.29) is 11.8 Å². The summed E-state index contributed by atoms with van der Waals surface area (Å²) in [6.07, 6.45) is 1.97. The quantitative estimate of drug-likeness (QED) is 0.533. The smallest absolute Gasteiger partial charge is 0.227 e. The zero-order chi connectivity index (χ0) is 18.9. The molecule has 0 atom stereocenters. The summed E-state index contributed by atoms with van der Waals surface area (Å²) in [5.41, 5.74) is 6.09. The van der Waals surface area contributed by atoms with E-state index < -0.39 is 0 Å². The summed E-state index contributed by atoms with van der Waals surface area (Å²) < 4.78 is 0. The topological polar surface area (TPSA) is 54.9 Å². The fourth-order valence-corrected chi connectivity index (χ4v) is 3.32. The van der Waals surface area contributed by atoms with Crippen molar-refractivity contribution in [2.45, 2.75) is 12.8 Å². The fourth-order valence-electron chi connectivity index (χ4n) is 3.32. The number of benzene rings is 3. The first-order chi connectivity index (χ1) is 13.8. The zero-order valence-corrected chi connectivity index (χ0v) is 15.3. The van der Waals surface area contributed by atoms with Gasteiger partial charge in [-0.3, -0.25) is 4.79 Å². The van der Waals surface area contributed by atoms with E-state index in [0.29, 0.717) is 0 Å². The molecule has 4 nitrogen and oxygen atoms in total. The first kappa shape index (κ1) is 16.6. The fraction of sp³-hybridized carbons (Fsp3) is 0.125. The van der Waals surface area contributed by atoms with Gasteiger partial charge in [0, 0.05) is 22.7 Å². The lowest BCUT2D eigenvalue weighted by molar-refractivity contribution is -0.117. The lowest BCUT2D eigenvalue weighted by atomic mass is 10.0. The third-order valence-corrected chi connectivity index (χ3v) is 4.97. The van der Waals surface area contributed by atoms with Crippen molar-refractivity contribution in [3.8, 4) is 22.5 Å². The van der Waals surface area contributed by atoms with Gasteiger partial charge in [0.25, 0.3) is 0 Å². The maximum atomic E-state index is 12.1. The Kier molecular flexibility index (Phi) is 4.09. The Morgan fingerprint density at radius 3 is 1.89 bits per heavy atom. The number of amides is 1. The molecule has 3 aromatic carbocycles. The Balaban J connectivity index is 1.65. The van der Waals surface area contributed by atoms with Gasteiger partial charge in [-0.1, -0.05) is 60.7 Å². The Morgan fingerprint density at radius 1 is 0.750 bits per heavy atom. The second-order valence-electron chi connectivity index (χ2n) is 7.12. The molecule has 0 aliphatic heterocycles. The molecule has 1 N–H and O–H groups in total. The monoisotopic (exact) mass is 365 g/mol. The predicted octanol–water partition coefficient (Wildman–Crippen LogP) is 5.31. The molecular formula is C24H19N3O. The normalized spacial score (nSPS) is 13.4. The number of aromatic nitrogens is 2. The van der Waals surface area contributed by atoms with E-state index >= 15 is 0 Å². The summed E-state index contributed by atoms with van der Waals surface area (Å²) in [6.45, 7) is 0. The van der Waals surface area contributed by atoms with Crippen LogP contribution in [-0.4, -0.2) is 15.9 Å². The Bertz CT molecular complexity index is 1150. The molecule has 0 spiro atoms. The van der Waals surface area contributed by atoms with Crippen LogP contribution < -0.4 is 5.32 Å². The van der Waals surface area contributed by atoms with Crippen LogP contribution in [0.15, 0.2) is 78.9 Å². The molecule has 1 aromatic heterocycles. The van der Waals surface area contributed by atoms with Gasteiger partial charge in [0.05, 0.1) is 22.4 Å². The number of carbonyl (C=O) groups is 1. The molecule has 1 aliphatic carbocycles. The number of rotatable bonds is 4. The van der Waals surface area contributed by atoms with Crippen LogP contribution in [0.4, 0.5) is 5.69 Å². The van der Waals surface area contributed by atoms with Crippen LogP contribution in [-0.2, 0) is 4.79 Å². The second-order valence-corrected chi connectivity index (χ2v) is 7.12. The molecule has 0 bridgehead atoms. The van der Waals surface area contributed by atoms with Crippen LogP contribution in [0.2, 0.25) is 0 Å². The zero-order valence-electron chi connectivity index (χ0n) is 15.3. The first-order valence-corrected chi connectivity index (χ1v) is 9.51. The maximum Gasteiger partial charge on any atom is 0.227 e. The third-order valence-electron chi connectivity index (χ3n) is 4.97. The van der Waals surface area contributed by atoms with E-state index in [9.17, 15) is 4.79 Å². The van der Waals surface area contributed by atoms with E-state index in [1.165, 1.54) is 0 Å². The molecule has 28 heavy (non-hydrogen) atoms. The van der Waals surface area contributed by atoms with Gasteiger partial charge in [-0.25, -0.2) is 9.97 Å². The minimum Gasteiger partial charge on any atom is -0.326 e. The van der Waals surface area contributed by atoms with Crippen molar-refractivity contribution >= 4 is 22.6 Å². The number of hydrogen-bond acceptors (Lipinski definition) is 3. The van der Waals surface area contributed by atoms with Gasteiger partial charge < -0.3 is 5.32 Å². The third kappa shape index (κ3) is 3.25. The predicted molar refractivity (Wildman–Crippen MR) is 112 cm³/mol. The highest BCUT2D eigenvalue weighted by molar-refractivity contribution is 5.96. The van der Waals surface area contributed by atoms with Crippen LogP contribution in [0.1, 0.15) is 12.8 Å². The summed E-state index contributed by atoms with van der Waals surface area (Å²) in [4.78, 5) is 21.9. The van der Waals surface area contributed by atoms with E-state index in [1.54, 1.807) is 0 Å². The van der Waals surface area contributed by atoms with Crippen molar-refractivity contribution in [3.63, 3.8) is 0 Å². The van der Waals surface area contributed by atoms with Crippen molar-refractivity contribution in [1.82, 2.24) is 9.97 Å². The molecular weight excluding hydrogens is 346 g/mol. The van der Waals surface area contributed by atoms with Crippen molar-refractivity contribution in [3.05, 3.63) is 78.9 Å². The lowest BCUT2D eigenvalue weighted by Gasteiger charge is -2.12. The summed E-state index contributed by atoms with van der Waals surface area (Å²) >= 11 is 0. The number of nitrogens with one attached hydrogen (secondary N) is 1. The maximum absolute atomic E-state index is 12.1. The molecule has 1 saturated carbocycles. The Labute approximate surface area is 163 Å². The van der Waals surface area contributed by atoms with Gasteiger partial charge in [-0.15, -0.1) is 0 Å². The molecule has 4 aromatic rings. The highest BCUT2D eigenvalue weighted by Gasteiger charge is 2.29. The molecule has 0 unspecified atom stereocenters. The largest absolute Gasteiger partial charge is 0.326 e. The molecule has 0 radical (unpaired) electrons. The second kappa shape index (κ2) is 6.89. The number of hydrogen-bond donors (Lipinski definition) is 1. The number of anilines is 1. The number of fused-ring (bicyclic) bond motifs is 1. The van der Waals surface area contributed by atoms with Crippen molar-refractivity contribution in [2.24, 2.45) is 5.92 Å². The van der Waals surface area contributed by atoms with E-state index in [0.717, 1.165) is 52.1 Å². The van der Waals surface area contributed by atoms with E-state index in [4.69, 9.17) is 9.97 Å². The molecule has 1 heterocycles. The molecule has 0 saturated heterocycles. The number of carbonyl (C=O) groups excluding carboxylic acids is 1. The van der Waals surface area contributed by atoms with Gasteiger partial charge in [-0.05, 0) is 31.0 Å². The van der Waals surface area contributed by atoms with Crippen LogP contribution in [0.3, 0.4) is 0 Å². The summed E-state index contributed by atoms with van der Waals surface area (Å²) in [5, 5.41) is 2.99. The van der Waals surface area contributed by atoms with Crippen LogP contribution >= 0.6 is 0 Å². The standard InChI is InChI=1S/C24H19N3O/c28-24(18-11-12-18)25-19-13-14-20-21(15-19)27-23(17-9-5-2-6-10-17)22(26-20)16-7-3-1-4-8-16/h1-10,13-15,18H,11-12H2,(H,25,28). The number of nitrogens with zero attached hydrogens (tertiary/aromatic N) is 2. The van der Waals surface area contributed by atoms with Crippen molar-refractivity contribution in [1.29, 1.82) is 0 Å². The van der Waals surface area contributed by atoms with Crippen molar-refractivity contribution < 1.29 is 4.79 Å². The van der Waals surface area contributed by atoms with Gasteiger partial charge in [0.15, 0.2) is 0 Å². The molecule has 1 fully saturated rings. The Hall–Kier alpha value is -3.53. The van der Waals surface area contributed by atoms with Crippen LogP contribution in [0.5, 0.6) is 0 Å². The highest BCUT2D eigenvalue weighted by atomic mass is 16.2. The molecule has 1 amide bonds. The van der Waals surface area contributed by atoms with Gasteiger partial charge in [0.2, 0.25) is 5.91 Å².